The number of likely N-dealkylation sites (N-methyl/N-ethyl adjacent to an activating group) is 1. The molecule has 0 fully saturated rings. The van der Waals surface area contributed by atoms with Crippen LogP contribution in [0.15, 0.2) is 41.1 Å². The number of nitrogens with one attached hydrogen (secondary N) is 1. The SMILES string of the molecule is Cc1ccc(C(=O)NCC(c2ccco2)N(C)C)cn1. The van der Waals surface area contributed by atoms with Crippen LogP contribution in [0.4, 0.5) is 0 Å². The Bertz CT molecular complexity index is 547. The van der Waals surface area contributed by atoms with Gasteiger partial charge in [0.2, 0.25) is 0 Å². The number of hydrogen-bond donors (Lipinski definition) is 1. The molecule has 0 aliphatic rings. The lowest BCUT2D eigenvalue weighted by Gasteiger charge is -2.22. The minimum absolute atomic E-state index is 0.00681. The maximum atomic E-state index is 12.1. The van der Waals surface area contributed by atoms with E-state index in [4.69, 9.17) is 4.42 Å². The highest BCUT2D eigenvalue weighted by atomic mass is 16.3. The van der Waals surface area contributed by atoms with Crippen molar-refractivity contribution in [2.75, 3.05) is 20.6 Å². The molecule has 2 aromatic rings. The third-order valence-corrected chi connectivity index (χ3v) is 3.12. The molecule has 0 saturated carbocycles. The fraction of sp³-hybridized carbons (Fsp3) is 0.333. The molecule has 0 aliphatic carbocycles. The summed E-state index contributed by atoms with van der Waals surface area (Å²) in [5.41, 5.74) is 1.45. The number of amides is 1. The summed E-state index contributed by atoms with van der Waals surface area (Å²) in [6.07, 6.45) is 3.22. The van der Waals surface area contributed by atoms with Crippen molar-refractivity contribution < 1.29 is 9.21 Å². The van der Waals surface area contributed by atoms with Gasteiger partial charge < -0.3 is 9.73 Å². The van der Waals surface area contributed by atoms with E-state index in [2.05, 4.69) is 10.3 Å². The predicted molar refractivity (Wildman–Crippen MR) is 76.4 cm³/mol. The van der Waals surface area contributed by atoms with Gasteiger partial charge in [-0.05, 0) is 45.3 Å². The molecule has 1 N–H and O–H groups in total. The Kier molecular flexibility index (Phi) is 4.53. The number of carbonyl (C=O) groups is 1. The molecule has 106 valence electrons. The van der Waals surface area contributed by atoms with Crippen molar-refractivity contribution in [3.05, 3.63) is 53.7 Å². The Balaban J connectivity index is 1.99. The first kappa shape index (κ1) is 14.3. The van der Waals surface area contributed by atoms with Gasteiger partial charge in [-0.15, -0.1) is 0 Å². The smallest absolute Gasteiger partial charge is 0.252 e. The van der Waals surface area contributed by atoms with E-state index in [0.717, 1.165) is 11.5 Å². The van der Waals surface area contributed by atoms with E-state index in [1.54, 1.807) is 18.5 Å². The molecule has 0 bridgehead atoms. The predicted octanol–water partition coefficient (Wildman–Crippen LogP) is 2.02. The highest BCUT2D eigenvalue weighted by Gasteiger charge is 2.18. The standard InChI is InChI=1S/C15H19N3O2/c1-11-6-7-12(9-16-11)15(19)17-10-13(18(2)3)14-5-4-8-20-14/h4-9,13H,10H2,1-3H3,(H,17,19). The van der Waals surface area contributed by atoms with E-state index in [0.29, 0.717) is 12.1 Å². The molecule has 0 aliphatic heterocycles. The average molecular weight is 273 g/mol. The van der Waals surface area contributed by atoms with Crippen LogP contribution in [0.2, 0.25) is 0 Å². The van der Waals surface area contributed by atoms with Crippen molar-refractivity contribution in [2.24, 2.45) is 0 Å². The van der Waals surface area contributed by atoms with E-state index in [9.17, 15) is 4.79 Å². The van der Waals surface area contributed by atoms with Crippen LogP contribution in [0.3, 0.4) is 0 Å². The lowest BCUT2D eigenvalue weighted by atomic mass is 10.2. The Morgan fingerprint density at radius 3 is 2.75 bits per heavy atom. The summed E-state index contributed by atoms with van der Waals surface area (Å²) in [5, 5.41) is 2.91. The molecule has 5 nitrogen and oxygen atoms in total. The molecule has 0 aromatic carbocycles. The summed E-state index contributed by atoms with van der Waals surface area (Å²) in [5.74, 6) is 0.702. The van der Waals surface area contributed by atoms with E-state index >= 15 is 0 Å². The number of aryl methyl sites for hydroxylation is 1. The highest BCUT2D eigenvalue weighted by molar-refractivity contribution is 5.93. The molecular weight excluding hydrogens is 254 g/mol. The maximum Gasteiger partial charge on any atom is 0.252 e. The monoisotopic (exact) mass is 273 g/mol. The zero-order chi connectivity index (χ0) is 14.5. The number of furan rings is 1. The Labute approximate surface area is 118 Å². The number of hydrogen-bond acceptors (Lipinski definition) is 4. The second-order valence-corrected chi connectivity index (χ2v) is 4.89. The van der Waals surface area contributed by atoms with Gasteiger partial charge in [-0.1, -0.05) is 0 Å². The van der Waals surface area contributed by atoms with Crippen LogP contribution in [0, 0.1) is 6.92 Å². The lowest BCUT2D eigenvalue weighted by molar-refractivity contribution is 0.0938. The van der Waals surface area contributed by atoms with E-state index in [1.807, 2.05) is 44.1 Å². The van der Waals surface area contributed by atoms with Gasteiger partial charge in [0, 0.05) is 18.4 Å². The first-order valence-corrected chi connectivity index (χ1v) is 6.48. The van der Waals surface area contributed by atoms with Gasteiger partial charge in [0.1, 0.15) is 5.76 Å². The Hall–Kier alpha value is -2.14. The summed E-state index contributed by atoms with van der Waals surface area (Å²) < 4.78 is 5.41. The molecule has 20 heavy (non-hydrogen) atoms. The summed E-state index contributed by atoms with van der Waals surface area (Å²) in [4.78, 5) is 18.2. The minimum Gasteiger partial charge on any atom is -0.468 e. The second kappa shape index (κ2) is 6.34. The van der Waals surface area contributed by atoms with Gasteiger partial charge in [0.15, 0.2) is 0 Å². The van der Waals surface area contributed by atoms with E-state index < -0.39 is 0 Å². The fourth-order valence-corrected chi connectivity index (χ4v) is 1.91. The average Bonchev–Trinajstić information content (AvgIpc) is 2.93. The van der Waals surface area contributed by atoms with E-state index in [-0.39, 0.29) is 11.9 Å². The molecule has 0 spiro atoms. The van der Waals surface area contributed by atoms with Crippen LogP contribution in [-0.4, -0.2) is 36.4 Å². The van der Waals surface area contributed by atoms with Crippen LogP contribution >= 0.6 is 0 Å². The minimum atomic E-state index is -0.129. The van der Waals surface area contributed by atoms with E-state index in [1.165, 1.54) is 0 Å². The molecule has 5 heteroatoms. The summed E-state index contributed by atoms with van der Waals surface area (Å²) in [6, 6.07) is 7.36. The van der Waals surface area contributed by atoms with Crippen molar-refractivity contribution in [1.82, 2.24) is 15.2 Å². The highest BCUT2D eigenvalue weighted by Crippen LogP contribution is 2.17. The topological polar surface area (TPSA) is 58.4 Å². The van der Waals surface area contributed by atoms with Crippen molar-refractivity contribution >= 4 is 5.91 Å². The van der Waals surface area contributed by atoms with Crippen molar-refractivity contribution in [3.8, 4) is 0 Å². The summed E-state index contributed by atoms with van der Waals surface area (Å²) in [7, 11) is 3.90. The van der Waals surface area contributed by atoms with Crippen molar-refractivity contribution in [1.29, 1.82) is 0 Å². The number of rotatable bonds is 5. The molecule has 2 rings (SSSR count). The van der Waals surface area contributed by atoms with Crippen LogP contribution in [-0.2, 0) is 0 Å². The third-order valence-electron chi connectivity index (χ3n) is 3.12. The number of carbonyl (C=O) groups excluding carboxylic acids is 1. The summed E-state index contributed by atoms with van der Waals surface area (Å²) in [6.45, 7) is 2.37. The van der Waals surface area contributed by atoms with Crippen LogP contribution in [0.5, 0.6) is 0 Å². The number of pyridine rings is 1. The normalized spacial score (nSPS) is 12.4. The first-order valence-electron chi connectivity index (χ1n) is 6.48. The van der Waals surface area contributed by atoms with Crippen molar-refractivity contribution in [2.45, 2.75) is 13.0 Å². The van der Waals surface area contributed by atoms with Gasteiger partial charge in [0.05, 0.1) is 17.9 Å². The zero-order valence-electron chi connectivity index (χ0n) is 12.0. The van der Waals surface area contributed by atoms with Crippen LogP contribution < -0.4 is 5.32 Å². The molecule has 0 saturated heterocycles. The van der Waals surface area contributed by atoms with Crippen molar-refractivity contribution in [3.63, 3.8) is 0 Å². The van der Waals surface area contributed by atoms with Crippen LogP contribution in [0.25, 0.3) is 0 Å². The maximum absolute atomic E-state index is 12.1. The Morgan fingerprint density at radius 1 is 1.40 bits per heavy atom. The van der Waals surface area contributed by atoms with Gasteiger partial charge in [0.25, 0.3) is 5.91 Å². The first-order chi connectivity index (χ1) is 9.58. The summed E-state index contributed by atoms with van der Waals surface area (Å²) >= 11 is 0. The second-order valence-electron chi connectivity index (χ2n) is 4.89. The van der Waals surface area contributed by atoms with Gasteiger partial charge in [-0.25, -0.2) is 0 Å². The molecule has 2 aromatic heterocycles. The largest absolute Gasteiger partial charge is 0.468 e. The zero-order valence-corrected chi connectivity index (χ0v) is 12.0. The quantitative estimate of drug-likeness (QED) is 0.905. The van der Waals surface area contributed by atoms with Crippen LogP contribution in [0.1, 0.15) is 27.9 Å². The fourth-order valence-electron chi connectivity index (χ4n) is 1.91. The van der Waals surface area contributed by atoms with Gasteiger partial charge in [-0.3, -0.25) is 14.7 Å². The molecule has 1 unspecified atom stereocenters. The number of nitrogens with zero attached hydrogens (tertiary/aromatic N) is 2. The molecule has 1 atom stereocenters. The molecule has 0 radical (unpaired) electrons. The molecule has 2 heterocycles. The number of aromatic nitrogens is 1. The molecular formula is C15H19N3O2. The third kappa shape index (κ3) is 3.45. The Morgan fingerprint density at radius 2 is 2.20 bits per heavy atom. The lowest BCUT2D eigenvalue weighted by Crippen LogP contribution is -2.34. The molecule has 1 amide bonds. The van der Waals surface area contributed by atoms with Gasteiger partial charge >= 0.3 is 0 Å². The van der Waals surface area contributed by atoms with Gasteiger partial charge in [-0.2, -0.15) is 0 Å².